The van der Waals surface area contributed by atoms with Crippen LogP contribution in [0.5, 0.6) is 0 Å². The SMILES string of the molecule is CN(C(=O)C(=O)NCCO)c1ccc2cc(F)ccc2n1. The van der Waals surface area contributed by atoms with Crippen molar-refractivity contribution in [3.8, 4) is 0 Å². The maximum absolute atomic E-state index is 13.1. The Labute approximate surface area is 120 Å². The number of rotatable bonds is 3. The van der Waals surface area contributed by atoms with E-state index in [0.29, 0.717) is 10.9 Å². The average molecular weight is 291 g/mol. The molecule has 2 aromatic rings. The van der Waals surface area contributed by atoms with Crippen molar-refractivity contribution in [3.05, 3.63) is 36.1 Å². The van der Waals surface area contributed by atoms with Crippen LogP contribution in [0.2, 0.25) is 0 Å². The lowest BCUT2D eigenvalue weighted by Gasteiger charge is -2.16. The number of carbonyl (C=O) groups excluding carboxylic acids is 2. The molecule has 0 radical (unpaired) electrons. The van der Waals surface area contributed by atoms with E-state index in [9.17, 15) is 14.0 Å². The first-order valence-electron chi connectivity index (χ1n) is 6.26. The van der Waals surface area contributed by atoms with Crippen LogP contribution in [-0.2, 0) is 9.59 Å². The van der Waals surface area contributed by atoms with Gasteiger partial charge in [-0.25, -0.2) is 9.37 Å². The molecule has 0 saturated carbocycles. The minimum Gasteiger partial charge on any atom is -0.395 e. The second-order valence-electron chi connectivity index (χ2n) is 4.35. The molecule has 0 spiro atoms. The lowest BCUT2D eigenvalue weighted by molar-refractivity contribution is -0.137. The maximum atomic E-state index is 13.1. The fourth-order valence-electron chi connectivity index (χ4n) is 1.77. The molecule has 0 aliphatic carbocycles. The summed E-state index contributed by atoms with van der Waals surface area (Å²) >= 11 is 0. The van der Waals surface area contributed by atoms with Crippen LogP contribution in [-0.4, -0.2) is 42.1 Å². The molecule has 21 heavy (non-hydrogen) atoms. The molecule has 1 aromatic carbocycles. The molecule has 2 rings (SSSR count). The first-order valence-corrected chi connectivity index (χ1v) is 6.26. The van der Waals surface area contributed by atoms with Crippen molar-refractivity contribution < 1.29 is 19.1 Å². The zero-order chi connectivity index (χ0) is 15.4. The number of fused-ring (bicyclic) bond motifs is 1. The summed E-state index contributed by atoms with van der Waals surface area (Å²) in [6, 6.07) is 7.25. The minimum atomic E-state index is -0.826. The van der Waals surface area contributed by atoms with E-state index in [4.69, 9.17) is 5.11 Å². The van der Waals surface area contributed by atoms with E-state index in [1.165, 1.54) is 31.3 Å². The van der Waals surface area contributed by atoms with Gasteiger partial charge in [-0.2, -0.15) is 0 Å². The summed E-state index contributed by atoms with van der Waals surface area (Å²) in [6.45, 7) is -0.245. The topological polar surface area (TPSA) is 82.5 Å². The van der Waals surface area contributed by atoms with Crippen LogP contribution in [0.25, 0.3) is 10.9 Å². The number of halogens is 1. The number of amides is 2. The monoisotopic (exact) mass is 291 g/mol. The molecule has 0 saturated heterocycles. The average Bonchev–Trinajstić information content (AvgIpc) is 2.50. The van der Waals surface area contributed by atoms with E-state index in [-0.39, 0.29) is 24.8 Å². The Hall–Kier alpha value is -2.54. The Morgan fingerprint density at radius 2 is 2.10 bits per heavy atom. The molecule has 0 unspecified atom stereocenters. The lowest BCUT2D eigenvalue weighted by atomic mass is 10.2. The highest BCUT2D eigenvalue weighted by atomic mass is 19.1. The molecular formula is C14H14FN3O3. The molecule has 0 bridgehead atoms. The predicted octanol–water partition coefficient (Wildman–Crippen LogP) is 0.445. The number of hydrogen-bond acceptors (Lipinski definition) is 4. The van der Waals surface area contributed by atoms with Gasteiger partial charge in [-0.15, -0.1) is 0 Å². The first kappa shape index (κ1) is 14.9. The van der Waals surface area contributed by atoms with Crippen molar-refractivity contribution in [2.45, 2.75) is 0 Å². The van der Waals surface area contributed by atoms with Gasteiger partial charge in [-0.3, -0.25) is 14.5 Å². The largest absolute Gasteiger partial charge is 0.395 e. The molecule has 0 atom stereocenters. The number of aromatic nitrogens is 1. The summed E-state index contributed by atoms with van der Waals surface area (Å²) in [7, 11) is 1.42. The Bertz CT molecular complexity index is 690. The fraction of sp³-hybridized carbons (Fsp3) is 0.214. The maximum Gasteiger partial charge on any atom is 0.317 e. The van der Waals surface area contributed by atoms with Crippen LogP contribution in [0.3, 0.4) is 0 Å². The Kier molecular flexibility index (Phi) is 4.44. The van der Waals surface area contributed by atoms with Gasteiger partial charge in [0.2, 0.25) is 0 Å². The van der Waals surface area contributed by atoms with E-state index < -0.39 is 11.8 Å². The highest BCUT2D eigenvalue weighted by molar-refractivity contribution is 6.40. The lowest BCUT2D eigenvalue weighted by Crippen LogP contribution is -2.42. The van der Waals surface area contributed by atoms with Crippen molar-refractivity contribution >= 4 is 28.5 Å². The van der Waals surface area contributed by atoms with E-state index >= 15 is 0 Å². The van der Waals surface area contributed by atoms with Crippen LogP contribution < -0.4 is 10.2 Å². The van der Waals surface area contributed by atoms with Gasteiger partial charge < -0.3 is 10.4 Å². The van der Waals surface area contributed by atoms with Gasteiger partial charge in [0.1, 0.15) is 11.6 Å². The fourth-order valence-corrected chi connectivity index (χ4v) is 1.77. The Morgan fingerprint density at radius 3 is 2.81 bits per heavy atom. The summed E-state index contributed by atoms with van der Waals surface area (Å²) in [6.07, 6.45) is 0. The number of anilines is 1. The zero-order valence-electron chi connectivity index (χ0n) is 11.3. The molecule has 6 nitrogen and oxygen atoms in total. The van der Waals surface area contributed by atoms with Crippen LogP contribution in [0.1, 0.15) is 0 Å². The Balaban J connectivity index is 2.22. The number of likely N-dealkylation sites (N-methyl/N-ethyl adjacent to an activating group) is 1. The summed E-state index contributed by atoms with van der Waals surface area (Å²) in [4.78, 5) is 28.7. The molecule has 2 amide bonds. The molecule has 2 N–H and O–H groups in total. The van der Waals surface area contributed by atoms with Crippen LogP contribution in [0.4, 0.5) is 10.2 Å². The minimum absolute atomic E-state index is 0.00282. The van der Waals surface area contributed by atoms with Crippen molar-refractivity contribution in [3.63, 3.8) is 0 Å². The van der Waals surface area contributed by atoms with Crippen molar-refractivity contribution in [2.24, 2.45) is 0 Å². The number of aliphatic hydroxyl groups excluding tert-OH is 1. The molecule has 0 aliphatic heterocycles. The zero-order valence-corrected chi connectivity index (χ0v) is 11.3. The molecule has 110 valence electrons. The van der Waals surface area contributed by atoms with E-state index in [1.807, 2.05) is 0 Å². The smallest absolute Gasteiger partial charge is 0.317 e. The summed E-state index contributed by atoms with van der Waals surface area (Å²) < 4.78 is 13.1. The third kappa shape index (κ3) is 3.32. The second-order valence-corrected chi connectivity index (χ2v) is 4.35. The van der Waals surface area contributed by atoms with Gasteiger partial charge in [-0.05, 0) is 30.3 Å². The van der Waals surface area contributed by atoms with Crippen molar-refractivity contribution in [2.75, 3.05) is 25.1 Å². The molecule has 7 heteroatoms. The van der Waals surface area contributed by atoms with Crippen molar-refractivity contribution in [1.82, 2.24) is 10.3 Å². The molecular weight excluding hydrogens is 277 g/mol. The van der Waals surface area contributed by atoms with E-state index in [2.05, 4.69) is 10.3 Å². The molecule has 0 fully saturated rings. The predicted molar refractivity (Wildman–Crippen MR) is 75.2 cm³/mol. The van der Waals surface area contributed by atoms with Gasteiger partial charge in [0.25, 0.3) is 0 Å². The number of pyridine rings is 1. The van der Waals surface area contributed by atoms with Gasteiger partial charge >= 0.3 is 11.8 Å². The normalized spacial score (nSPS) is 10.4. The molecule has 0 aliphatic rings. The highest BCUT2D eigenvalue weighted by Crippen LogP contribution is 2.18. The van der Waals surface area contributed by atoms with Crippen LogP contribution in [0, 0.1) is 5.82 Å². The number of benzene rings is 1. The van der Waals surface area contributed by atoms with Gasteiger partial charge in [0.15, 0.2) is 0 Å². The number of carbonyl (C=O) groups is 2. The number of nitrogens with one attached hydrogen (secondary N) is 1. The van der Waals surface area contributed by atoms with Crippen molar-refractivity contribution in [1.29, 1.82) is 0 Å². The van der Waals surface area contributed by atoms with E-state index in [0.717, 1.165) is 4.90 Å². The van der Waals surface area contributed by atoms with Gasteiger partial charge in [-0.1, -0.05) is 0 Å². The van der Waals surface area contributed by atoms with E-state index in [1.54, 1.807) is 6.07 Å². The second kappa shape index (κ2) is 6.27. The standard InChI is InChI=1S/C14H14FN3O3/c1-18(14(21)13(20)16-6-7-19)12-5-2-9-8-10(15)3-4-11(9)17-12/h2-5,8,19H,6-7H2,1H3,(H,16,20). The summed E-state index contributed by atoms with van der Waals surface area (Å²) in [5.41, 5.74) is 0.518. The van der Waals surface area contributed by atoms with Gasteiger partial charge in [0, 0.05) is 19.0 Å². The Morgan fingerprint density at radius 1 is 1.33 bits per heavy atom. The van der Waals surface area contributed by atoms with Gasteiger partial charge in [0.05, 0.1) is 12.1 Å². The number of aliphatic hydroxyl groups is 1. The number of nitrogens with zero attached hydrogens (tertiary/aromatic N) is 2. The third-order valence-corrected chi connectivity index (χ3v) is 2.88. The molecule has 1 aromatic heterocycles. The van der Waals surface area contributed by atoms with Crippen LogP contribution >= 0.6 is 0 Å². The highest BCUT2D eigenvalue weighted by Gasteiger charge is 2.20. The summed E-state index contributed by atoms with van der Waals surface area (Å²) in [5, 5.41) is 11.5. The summed E-state index contributed by atoms with van der Waals surface area (Å²) in [5.74, 6) is -1.71. The van der Waals surface area contributed by atoms with Crippen LogP contribution in [0.15, 0.2) is 30.3 Å². The third-order valence-electron chi connectivity index (χ3n) is 2.88. The molecule has 1 heterocycles. The first-order chi connectivity index (χ1) is 10.0. The quantitative estimate of drug-likeness (QED) is 0.804. The number of hydrogen-bond donors (Lipinski definition) is 2.